The monoisotopic (exact) mass is 250 g/mol. The fraction of sp³-hybridized carbons (Fsp3) is 0.692. The van der Waals surface area contributed by atoms with E-state index in [9.17, 15) is 0 Å². The van der Waals surface area contributed by atoms with Crippen LogP contribution >= 0.6 is 0 Å². The standard InChI is InChI=1S/C13H22N4O/c1-3-14-8-11-9-15-10-13(16-11)17(2)12-4-6-18-7-5-12/h9-10,12,14H,3-8H2,1-2H3. The second-order valence-electron chi connectivity index (χ2n) is 4.60. The Hall–Kier alpha value is -1.20. The Bertz CT molecular complexity index is 366. The number of aromatic nitrogens is 2. The van der Waals surface area contributed by atoms with Crippen molar-refractivity contribution in [2.24, 2.45) is 0 Å². The van der Waals surface area contributed by atoms with Gasteiger partial charge in [-0.05, 0) is 19.4 Å². The molecule has 1 aliphatic rings. The average molecular weight is 250 g/mol. The largest absolute Gasteiger partial charge is 0.381 e. The second-order valence-corrected chi connectivity index (χ2v) is 4.60. The minimum atomic E-state index is 0.516. The topological polar surface area (TPSA) is 50.3 Å². The van der Waals surface area contributed by atoms with Gasteiger partial charge in [0, 0.05) is 39.0 Å². The quantitative estimate of drug-likeness (QED) is 0.851. The number of rotatable bonds is 5. The van der Waals surface area contributed by atoms with Crippen LogP contribution in [0.3, 0.4) is 0 Å². The fourth-order valence-electron chi connectivity index (χ4n) is 2.16. The van der Waals surface area contributed by atoms with Crippen LogP contribution in [0.5, 0.6) is 0 Å². The third-order valence-corrected chi connectivity index (χ3v) is 3.33. The Morgan fingerprint density at radius 3 is 2.89 bits per heavy atom. The summed E-state index contributed by atoms with van der Waals surface area (Å²) in [6, 6.07) is 0.516. The molecule has 1 saturated heterocycles. The second kappa shape index (κ2) is 6.66. The van der Waals surface area contributed by atoms with E-state index in [2.05, 4.69) is 34.2 Å². The van der Waals surface area contributed by atoms with Gasteiger partial charge in [-0.25, -0.2) is 4.98 Å². The van der Waals surface area contributed by atoms with Gasteiger partial charge in [-0.3, -0.25) is 4.98 Å². The fourth-order valence-corrected chi connectivity index (χ4v) is 2.16. The molecule has 0 bridgehead atoms. The van der Waals surface area contributed by atoms with Crippen LogP contribution < -0.4 is 10.2 Å². The van der Waals surface area contributed by atoms with Gasteiger partial charge in [-0.2, -0.15) is 0 Å². The summed E-state index contributed by atoms with van der Waals surface area (Å²) in [4.78, 5) is 11.2. The first kappa shape index (κ1) is 13.2. The van der Waals surface area contributed by atoms with Crippen LogP contribution in [0.2, 0.25) is 0 Å². The predicted octanol–water partition coefficient (Wildman–Crippen LogP) is 1.20. The lowest BCUT2D eigenvalue weighted by Gasteiger charge is -2.31. The molecular formula is C13H22N4O. The Morgan fingerprint density at radius 1 is 1.39 bits per heavy atom. The average Bonchev–Trinajstić information content (AvgIpc) is 2.45. The van der Waals surface area contributed by atoms with Gasteiger partial charge in [-0.15, -0.1) is 0 Å². The van der Waals surface area contributed by atoms with Gasteiger partial charge in [0.2, 0.25) is 0 Å². The Balaban J connectivity index is 2.02. The van der Waals surface area contributed by atoms with Crippen LogP contribution in [0.25, 0.3) is 0 Å². The van der Waals surface area contributed by atoms with Gasteiger partial charge in [-0.1, -0.05) is 6.92 Å². The predicted molar refractivity (Wildman–Crippen MR) is 71.7 cm³/mol. The third kappa shape index (κ3) is 3.40. The zero-order chi connectivity index (χ0) is 12.8. The molecule has 1 aliphatic heterocycles. The van der Waals surface area contributed by atoms with Crippen molar-refractivity contribution in [2.75, 3.05) is 31.7 Å². The molecule has 0 atom stereocenters. The van der Waals surface area contributed by atoms with E-state index in [1.54, 1.807) is 0 Å². The van der Waals surface area contributed by atoms with E-state index in [4.69, 9.17) is 4.74 Å². The van der Waals surface area contributed by atoms with Crippen LogP contribution in [0.1, 0.15) is 25.5 Å². The van der Waals surface area contributed by atoms with Crippen LogP contribution in [0, 0.1) is 0 Å². The highest BCUT2D eigenvalue weighted by atomic mass is 16.5. The van der Waals surface area contributed by atoms with E-state index in [1.165, 1.54) is 0 Å². The molecule has 1 fully saturated rings. The Labute approximate surface area is 109 Å². The van der Waals surface area contributed by atoms with Crippen molar-refractivity contribution in [1.29, 1.82) is 0 Å². The highest BCUT2D eigenvalue weighted by molar-refractivity contribution is 5.36. The lowest BCUT2D eigenvalue weighted by molar-refractivity contribution is 0.0853. The molecule has 0 saturated carbocycles. The first-order valence-corrected chi connectivity index (χ1v) is 6.63. The first-order chi connectivity index (χ1) is 8.81. The van der Waals surface area contributed by atoms with Gasteiger partial charge in [0.25, 0.3) is 0 Å². The molecule has 0 spiro atoms. The summed E-state index contributed by atoms with van der Waals surface area (Å²) in [5.41, 5.74) is 0.994. The molecular weight excluding hydrogens is 228 g/mol. The highest BCUT2D eigenvalue weighted by Crippen LogP contribution is 2.18. The third-order valence-electron chi connectivity index (χ3n) is 3.33. The van der Waals surface area contributed by atoms with Crippen LogP contribution in [0.15, 0.2) is 12.4 Å². The molecule has 1 aromatic heterocycles. The first-order valence-electron chi connectivity index (χ1n) is 6.63. The molecule has 2 heterocycles. The lowest BCUT2D eigenvalue weighted by Crippen LogP contribution is -2.37. The van der Waals surface area contributed by atoms with Crippen molar-refractivity contribution in [2.45, 2.75) is 32.4 Å². The van der Waals surface area contributed by atoms with Crippen molar-refractivity contribution >= 4 is 5.82 Å². The van der Waals surface area contributed by atoms with Crippen molar-refractivity contribution in [3.8, 4) is 0 Å². The zero-order valence-electron chi connectivity index (χ0n) is 11.2. The van der Waals surface area contributed by atoms with Crippen molar-refractivity contribution in [1.82, 2.24) is 15.3 Å². The van der Waals surface area contributed by atoms with Crippen LogP contribution in [0.4, 0.5) is 5.82 Å². The molecule has 0 aromatic carbocycles. The molecule has 5 nitrogen and oxygen atoms in total. The van der Waals surface area contributed by atoms with Gasteiger partial charge in [0.15, 0.2) is 0 Å². The molecule has 0 radical (unpaired) electrons. The molecule has 1 N–H and O–H groups in total. The normalized spacial score (nSPS) is 16.8. The summed E-state index contributed by atoms with van der Waals surface area (Å²) in [7, 11) is 2.09. The Kier molecular flexibility index (Phi) is 4.90. The summed E-state index contributed by atoms with van der Waals surface area (Å²) in [6.45, 7) is 5.51. The SMILES string of the molecule is CCNCc1cncc(N(C)C2CCOCC2)n1. The maximum Gasteiger partial charge on any atom is 0.147 e. The summed E-state index contributed by atoms with van der Waals surface area (Å²) in [5, 5.41) is 3.27. The van der Waals surface area contributed by atoms with E-state index in [0.717, 1.165) is 50.7 Å². The number of hydrogen-bond donors (Lipinski definition) is 1. The van der Waals surface area contributed by atoms with E-state index >= 15 is 0 Å². The number of hydrogen-bond acceptors (Lipinski definition) is 5. The van der Waals surface area contributed by atoms with E-state index in [1.807, 2.05) is 12.4 Å². The maximum absolute atomic E-state index is 5.39. The highest BCUT2D eigenvalue weighted by Gasteiger charge is 2.19. The minimum absolute atomic E-state index is 0.516. The van der Waals surface area contributed by atoms with E-state index in [-0.39, 0.29) is 0 Å². The number of nitrogens with one attached hydrogen (secondary N) is 1. The van der Waals surface area contributed by atoms with Gasteiger partial charge in [0.1, 0.15) is 5.82 Å². The molecule has 0 unspecified atom stereocenters. The minimum Gasteiger partial charge on any atom is -0.381 e. The van der Waals surface area contributed by atoms with Gasteiger partial charge in [0.05, 0.1) is 11.9 Å². The molecule has 0 amide bonds. The zero-order valence-corrected chi connectivity index (χ0v) is 11.2. The summed E-state index contributed by atoms with van der Waals surface area (Å²) in [6.07, 6.45) is 5.79. The van der Waals surface area contributed by atoms with E-state index < -0.39 is 0 Å². The van der Waals surface area contributed by atoms with Crippen LogP contribution in [-0.2, 0) is 11.3 Å². The lowest BCUT2D eigenvalue weighted by atomic mass is 10.1. The summed E-state index contributed by atoms with van der Waals surface area (Å²) in [5.74, 6) is 0.956. The van der Waals surface area contributed by atoms with Crippen molar-refractivity contribution < 1.29 is 4.74 Å². The summed E-state index contributed by atoms with van der Waals surface area (Å²) < 4.78 is 5.39. The van der Waals surface area contributed by atoms with Crippen LogP contribution in [-0.4, -0.2) is 42.8 Å². The Morgan fingerprint density at radius 2 is 2.17 bits per heavy atom. The summed E-state index contributed by atoms with van der Waals surface area (Å²) >= 11 is 0. The molecule has 1 aromatic rings. The maximum atomic E-state index is 5.39. The molecule has 0 aliphatic carbocycles. The van der Waals surface area contributed by atoms with Gasteiger partial charge >= 0.3 is 0 Å². The molecule has 18 heavy (non-hydrogen) atoms. The molecule has 2 rings (SSSR count). The van der Waals surface area contributed by atoms with Gasteiger partial charge < -0.3 is 15.0 Å². The van der Waals surface area contributed by atoms with Crippen molar-refractivity contribution in [3.63, 3.8) is 0 Å². The van der Waals surface area contributed by atoms with E-state index in [0.29, 0.717) is 6.04 Å². The number of nitrogens with zero attached hydrogens (tertiary/aromatic N) is 3. The van der Waals surface area contributed by atoms with Crippen molar-refractivity contribution in [3.05, 3.63) is 18.1 Å². The molecule has 100 valence electrons. The molecule has 5 heteroatoms. The smallest absolute Gasteiger partial charge is 0.147 e. The number of ether oxygens (including phenoxy) is 1. The number of anilines is 1.